The minimum absolute atomic E-state index is 0. The normalized spacial score (nSPS) is 15.9. The van der Waals surface area contributed by atoms with Gasteiger partial charge in [-0.05, 0) is 55.4 Å². The van der Waals surface area contributed by atoms with Crippen molar-refractivity contribution >= 4 is 29.3 Å². The summed E-state index contributed by atoms with van der Waals surface area (Å²) in [6, 6.07) is 4.34. The quantitative estimate of drug-likeness (QED) is 0.868. The average Bonchev–Trinajstić information content (AvgIpc) is 3.11. The SMILES string of the molecule is CC(C)C(C)(CN)NC(=O)Cc1coc2cc3c(cc12)CCC3.Cl. The van der Waals surface area contributed by atoms with E-state index in [4.69, 9.17) is 10.2 Å². The predicted octanol–water partition coefficient (Wildman–Crippen LogP) is 3.38. The van der Waals surface area contributed by atoms with Crippen molar-refractivity contribution in [1.82, 2.24) is 5.32 Å². The first kappa shape index (κ1) is 18.8. The van der Waals surface area contributed by atoms with Crippen molar-refractivity contribution in [3.63, 3.8) is 0 Å². The van der Waals surface area contributed by atoms with Crippen LogP contribution in [0.25, 0.3) is 11.0 Å². The first-order chi connectivity index (χ1) is 10.9. The van der Waals surface area contributed by atoms with Crippen LogP contribution in [0.5, 0.6) is 0 Å². The molecule has 1 unspecified atom stereocenters. The van der Waals surface area contributed by atoms with Gasteiger partial charge in [-0.15, -0.1) is 12.4 Å². The van der Waals surface area contributed by atoms with Gasteiger partial charge in [0.05, 0.1) is 18.2 Å². The first-order valence-corrected chi connectivity index (χ1v) is 8.46. The van der Waals surface area contributed by atoms with Crippen LogP contribution in [0.15, 0.2) is 22.8 Å². The molecule has 24 heavy (non-hydrogen) atoms. The Labute approximate surface area is 149 Å². The number of hydrogen-bond acceptors (Lipinski definition) is 3. The molecule has 1 aliphatic carbocycles. The molecule has 1 amide bonds. The van der Waals surface area contributed by atoms with Crippen molar-refractivity contribution in [1.29, 1.82) is 0 Å². The molecule has 0 fully saturated rings. The minimum atomic E-state index is -0.377. The Morgan fingerprint density at radius 2 is 2.00 bits per heavy atom. The molecular weight excluding hydrogens is 324 g/mol. The lowest BCUT2D eigenvalue weighted by Crippen LogP contribution is -2.55. The zero-order chi connectivity index (χ0) is 16.6. The van der Waals surface area contributed by atoms with Crippen LogP contribution in [0, 0.1) is 5.92 Å². The second kappa shape index (κ2) is 7.16. The summed E-state index contributed by atoms with van der Waals surface area (Å²) < 4.78 is 5.67. The van der Waals surface area contributed by atoms with Crippen LogP contribution in [0.4, 0.5) is 0 Å². The van der Waals surface area contributed by atoms with Crippen molar-refractivity contribution in [2.45, 2.75) is 52.0 Å². The molecule has 0 saturated heterocycles. The van der Waals surface area contributed by atoms with Gasteiger partial charge in [-0.25, -0.2) is 0 Å². The molecule has 1 aromatic heterocycles. The Morgan fingerprint density at radius 1 is 1.33 bits per heavy atom. The maximum atomic E-state index is 12.5. The standard InChI is InChI=1S/C19H26N2O2.ClH/c1-12(2)19(3,11-20)21-18(22)9-15-10-23-17-8-14-6-4-5-13(14)7-16(15)17;/h7-8,10,12H,4-6,9,11,20H2,1-3H3,(H,21,22);1H. The minimum Gasteiger partial charge on any atom is -0.464 e. The van der Waals surface area contributed by atoms with Crippen LogP contribution in [-0.2, 0) is 24.1 Å². The largest absolute Gasteiger partial charge is 0.464 e. The Morgan fingerprint density at radius 3 is 2.62 bits per heavy atom. The molecule has 0 aliphatic heterocycles. The van der Waals surface area contributed by atoms with E-state index < -0.39 is 0 Å². The molecule has 1 aromatic carbocycles. The van der Waals surface area contributed by atoms with E-state index >= 15 is 0 Å². The molecule has 1 heterocycles. The lowest BCUT2D eigenvalue weighted by molar-refractivity contribution is -0.122. The highest BCUT2D eigenvalue weighted by molar-refractivity contribution is 5.89. The molecule has 3 N–H and O–H groups in total. The summed E-state index contributed by atoms with van der Waals surface area (Å²) in [6.45, 7) is 6.57. The van der Waals surface area contributed by atoms with Crippen molar-refractivity contribution in [3.8, 4) is 0 Å². The highest BCUT2D eigenvalue weighted by Crippen LogP contribution is 2.30. The third-order valence-electron chi connectivity index (χ3n) is 5.34. The van der Waals surface area contributed by atoms with Crippen molar-refractivity contribution in [2.24, 2.45) is 11.7 Å². The summed E-state index contributed by atoms with van der Waals surface area (Å²) in [5, 5.41) is 4.16. The lowest BCUT2D eigenvalue weighted by atomic mass is 9.88. The van der Waals surface area contributed by atoms with E-state index in [-0.39, 0.29) is 29.8 Å². The Hall–Kier alpha value is -1.52. The van der Waals surface area contributed by atoms with Gasteiger partial charge < -0.3 is 15.5 Å². The predicted molar refractivity (Wildman–Crippen MR) is 99.6 cm³/mol. The second-order valence-electron chi connectivity index (χ2n) is 7.23. The van der Waals surface area contributed by atoms with Crippen LogP contribution in [0.1, 0.15) is 43.9 Å². The lowest BCUT2D eigenvalue weighted by Gasteiger charge is -2.33. The number of hydrogen-bond donors (Lipinski definition) is 2. The Kier molecular flexibility index (Phi) is 5.61. The van der Waals surface area contributed by atoms with Crippen molar-refractivity contribution in [3.05, 3.63) is 35.1 Å². The van der Waals surface area contributed by atoms with Gasteiger partial charge in [0.1, 0.15) is 5.58 Å². The fourth-order valence-electron chi connectivity index (χ4n) is 3.25. The summed E-state index contributed by atoms with van der Waals surface area (Å²) in [4.78, 5) is 12.5. The summed E-state index contributed by atoms with van der Waals surface area (Å²) in [7, 11) is 0. The first-order valence-electron chi connectivity index (χ1n) is 8.46. The van der Waals surface area contributed by atoms with E-state index in [0.717, 1.165) is 29.4 Å². The number of amides is 1. The van der Waals surface area contributed by atoms with Crippen LogP contribution < -0.4 is 11.1 Å². The number of nitrogens with two attached hydrogens (primary N) is 1. The van der Waals surface area contributed by atoms with E-state index in [1.807, 2.05) is 6.92 Å². The number of fused-ring (bicyclic) bond motifs is 2. The summed E-state index contributed by atoms with van der Waals surface area (Å²) in [5.74, 6) is 0.274. The zero-order valence-corrected chi connectivity index (χ0v) is 15.5. The number of carbonyl (C=O) groups is 1. The molecule has 0 saturated carbocycles. The maximum Gasteiger partial charge on any atom is 0.225 e. The van der Waals surface area contributed by atoms with E-state index in [1.165, 1.54) is 17.5 Å². The van der Waals surface area contributed by atoms with Crippen LogP contribution in [0.3, 0.4) is 0 Å². The molecule has 0 spiro atoms. The molecule has 2 aromatic rings. The summed E-state index contributed by atoms with van der Waals surface area (Å²) in [6.07, 6.45) is 5.51. The van der Waals surface area contributed by atoms with Crippen LogP contribution >= 0.6 is 12.4 Å². The van der Waals surface area contributed by atoms with Gasteiger partial charge in [-0.3, -0.25) is 4.79 Å². The number of carbonyl (C=O) groups excluding carboxylic acids is 1. The second-order valence-corrected chi connectivity index (χ2v) is 7.23. The van der Waals surface area contributed by atoms with Gasteiger partial charge in [0.25, 0.3) is 0 Å². The molecule has 5 heteroatoms. The fourth-order valence-corrected chi connectivity index (χ4v) is 3.25. The smallest absolute Gasteiger partial charge is 0.225 e. The van der Waals surface area contributed by atoms with E-state index in [9.17, 15) is 4.79 Å². The number of furan rings is 1. The average molecular weight is 351 g/mol. The topological polar surface area (TPSA) is 68.3 Å². The van der Waals surface area contributed by atoms with Crippen molar-refractivity contribution in [2.75, 3.05) is 6.54 Å². The highest BCUT2D eigenvalue weighted by atomic mass is 35.5. The van der Waals surface area contributed by atoms with Gasteiger partial charge in [0.2, 0.25) is 5.91 Å². The molecule has 0 bridgehead atoms. The third kappa shape index (κ3) is 3.45. The fraction of sp³-hybridized carbons (Fsp3) is 0.526. The number of aryl methyl sites for hydroxylation is 2. The van der Waals surface area contributed by atoms with Gasteiger partial charge in [0.15, 0.2) is 0 Å². The van der Waals surface area contributed by atoms with E-state index in [1.54, 1.807) is 6.26 Å². The Bertz CT molecular complexity index is 738. The summed E-state index contributed by atoms with van der Waals surface area (Å²) >= 11 is 0. The van der Waals surface area contributed by atoms with Gasteiger partial charge in [-0.1, -0.05) is 13.8 Å². The third-order valence-corrected chi connectivity index (χ3v) is 5.34. The van der Waals surface area contributed by atoms with Crippen LogP contribution in [0.2, 0.25) is 0 Å². The van der Waals surface area contributed by atoms with Crippen LogP contribution in [-0.4, -0.2) is 18.0 Å². The van der Waals surface area contributed by atoms with E-state index in [0.29, 0.717) is 13.0 Å². The molecule has 0 radical (unpaired) electrons. The molecule has 4 nitrogen and oxygen atoms in total. The maximum absolute atomic E-state index is 12.5. The molecule has 132 valence electrons. The summed E-state index contributed by atoms with van der Waals surface area (Å²) in [5.41, 5.74) is 10.1. The Balaban J connectivity index is 0.00000208. The number of halogens is 1. The monoisotopic (exact) mass is 350 g/mol. The molecular formula is C19H27ClN2O2. The number of benzene rings is 1. The van der Waals surface area contributed by atoms with Gasteiger partial charge in [0, 0.05) is 17.5 Å². The van der Waals surface area contributed by atoms with E-state index in [2.05, 4.69) is 31.3 Å². The molecule has 3 rings (SSSR count). The highest BCUT2D eigenvalue weighted by Gasteiger charge is 2.28. The molecule has 1 atom stereocenters. The van der Waals surface area contributed by atoms with Gasteiger partial charge in [-0.2, -0.15) is 0 Å². The molecule has 1 aliphatic rings. The van der Waals surface area contributed by atoms with Gasteiger partial charge >= 0.3 is 0 Å². The zero-order valence-electron chi connectivity index (χ0n) is 14.6. The number of rotatable bonds is 5. The van der Waals surface area contributed by atoms with Crippen molar-refractivity contribution < 1.29 is 9.21 Å². The number of nitrogens with one attached hydrogen (secondary N) is 1.